The van der Waals surface area contributed by atoms with Gasteiger partial charge in [-0.2, -0.15) is 0 Å². The lowest BCUT2D eigenvalue weighted by Gasteiger charge is -2.30. The summed E-state index contributed by atoms with van der Waals surface area (Å²) in [7, 11) is 8.58. The highest BCUT2D eigenvalue weighted by molar-refractivity contribution is 5.59. The summed E-state index contributed by atoms with van der Waals surface area (Å²) >= 11 is 0. The molecule has 0 amide bonds. The quantitative estimate of drug-likeness (QED) is 0.646. The maximum atomic E-state index is 5.48. The summed E-state index contributed by atoms with van der Waals surface area (Å²) < 4.78 is 6.51. The number of benzene rings is 1. The molecule has 1 aliphatic rings. The second-order valence-electron chi connectivity index (χ2n) is 7.95. The third-order valence-electron chi connectivity index (χ3n) is 5.14. The van der Waals surface area contributed by atoms with Gasteiger partial charge in [-0.3, -0.25) is 4.90 Å². The molecule has 1 heterocycles. The summed E-state index contributed by atoms with van der Waals surface area (Å²) in [6, 6.07) is 6.84. The Balaban J connectivity index is 1.95. The predicted molar refractivity (Wildman–Crippen MR) is 103 cm³/mol. The molecule has 0 spiro atoms. The molecule has 4 heteroatoms. The Morgan fingerprint density at radius 2 is 2.00 bits per heavy atom. The SMILES string of the molecule is CCN(CCN1CCc2ccc(C(C)OC)cc21)CC[N+](C)(C)C. The fraction of sp³-hybridized carbons (Fsp3) is 0.700. The standard InChI is InChI=1S/C20H36N3O/c1-7-21(14-15-23(3,4)5)12-13-22-11-10-18-8-9-19(16-20(18)22)17(2)24-6/h8-9,16-17H,7,10-15H2,1-6H3/q+1. The van der Waals surface area contributed by atoms with E-state index in [0.29, 0.717) is 0 Å². The lowest BCUT2D eigenvalue weighted by Crippen LogP contribution is -2.44. The van der Waals surface area contributed by atoms with Gasteiger partial charge in [0.25, 0.3) is 0 Å². The van der Waals surface area contributed by atoms with Crippen molar-refractivity contribution in [3.05, 3.63) is 29.3 Å². The maximum absolute atomic E-state index is 5.48. The van der Waals surface area contributed by atoms with E-state index in [9.17, 15) is 0 Å². The molecule has 4 nitrogen and oxygen atoms in total. The van der Waals surface area contributed by atoms with Crippen molar-refractivity contribution < 1.29 is 9.22 Å². The number of nitrogens with zero attached hydrogens (tertiary/aromatic N) is 3. The van der Waals surface area contributed by atoms with E-state index >= 15 is 0 Å². The van der Waals surface area contributed by atoms with Crippen molar-refractivity contribution >= 4 is 5.69 Å². The third-order valence-corrected chi connectivity index (χ3v) is 5.14. The van der Waals surface area contributed by atoms with Crippen LogP contribution in [0.15, 0.2) is 18.2 Å². The Bertz CT molecular complexity index is 524. The normalized spacial score (nSPS) is 15.9. The zero-order valence-electron chi connectivity index (χ0n) is 16.5. The Labute approximate surface area is 148 Å². The molecule has 1 aromatic carbocycles. The van der Waals surface area contributed by atoms with Crippen molar-refractivity contribution in [2.24, 2.45) is 0 Å². The van der Waals surface area contributed by atoms with Crippen LogP contribution >= 0.6 is 0 Å². The number of hydrogen-bond donors (Lipinski definition) is 0. The number of fused-ring (bicyclic) bond motifs is 1. The van der Waals surface area contributed by atoms with Crippen LogP contribution in [0.1, 0.15) is 31.1 Å². The molecule has 0 bridgehead atoms. The molecule has 136 valence electrons. The van der Waals surface area contributed by atoms with Crippen molar-refractivity contribution in [2.75, 3.05) is 72.4 Å². The summed E-state index contributed by atoms with van der Waals surface area (Å²) in [6.45, 7) is 11.3. The second-order valence-corrected chi connectivity index (χ2v) is 7.95. The van der Waals surface area contributed by atoms with Gasteiger partial charge in [0.1, 0.15) is 0 Å². The van der Waals surface area contributed by atoms with Gasteiger partial charge in [0.05, 0.1) is 33.8 Å². The van der Waals surface area contributed by atoms with Crippen LogP contribution in [0.25, 0.3) is 0 Å². The molecule has 0 aliphatic carbocycles. The van der Waals surface area contributed by atoms with E-state index in [4.69, 9.17) is 4.74 Å². The van der Waals surface area contributed by atoms with E-state index in [1.54, 1.807) is 7.11 Å². The molecular weight excluding hydrogens is 298 g/mol. The number of anilines is 1. The molecule has 1 aromatic rings. The monoisotopic (exact) mass is 334 g/mol. The van der Waals surface area contributed by atoms with Crippen LogP contribution < -0.4 is 4.90 Å². The van der Waals surface area contributed by atoms with Gasteiger partial charge in [-0.05, 0) is 37.1 Å². The average Bonchev–Trinajstić information content (AvgIpc) is 2.95. The van der Waals surface area contributed by atoms with E-state index < -0.39 is 0 Å². The van der Waals surface area contributed by atoms with Crippen molar-refractivity contribution in [1.29, 1.82) is 0 Å². The van der Waals surface area contributed by atoms with Gasteiger partial charge >= 0.3 is 0 Å². The van der Waals surface area contributed by atoms with E-state index in [1.807, 2.05) is 0 Å². The molecule has 0 aromatic heterocycles. The zero-order chi connectivity index (χ0) is 17.7. The lowest BCUT2D eigenvalue weighted by molar-refractivity contribution is -0.869. The average molecular weight is 335 g/mol. The van der Waals surface area contributed by atoms with Crippen LogP contribution in [-0.4, -0.2) is 76.9 Å². The fourth-order valence-corrected chi connectivity index (χ4v) is 3.22. The van der Waals surface area contributed by atoms with Gasteiger partial charge in [-0.25, -0.2) is 0 Å². The summed E-state index contributed by atoms with van der Waals surface area (Å²) in [5, 5.41) is 0. The first kappa shape index (κ1) is 19.2. The van der Waals surface area contributed by atoms with Crippen LogP contribution in [0.2, 0.25) is 0 Å². The van der Waals surface area contributed by atoms with E-state index in [1.165, 1.54) is 36.3 Å². The Morgan fingerprint density at radius 3 is 2.62 bits per heavy atom. The van der Waals surface area contributed by atoms with Gasteiger partial charge in [-0.1, -0.05) is 19.1 Å². The van der Waals surface area contributed by atoms with E-state index in [2.05, 4.69) is 63.0 Å². The minimum atomic E-state index is 0.162. The molecule has 0 fully saturated rings. The summed E-state index contributed by atoms with van der Waals surface area (Å²) in [6.07, 6.45) is 1.33. The Kier molecular flexibility index (Phi) is 6.67. The maximum Gasteiger partial charge on any atom is 0.0909 e. The molecule has 0 saturated heterocycles. The summed E-state index contributed by atoms with van der Waals surface area (Å²) in [5.74, 6) is 0. The number of methoxy groups -OCH3 is 1. The van der Waals surface area contributed by atoms with E-state index in [0.717, 1.165) is 30.7 Å². The first-order valence-corrected chi connectivity index (χ1v) is 9.27. The van der Waals surface area contributed by atoms with Gasteiger partial charge < -0.3 is 14.1 Å². The molecule has 1 aliphatic heterocycles. The first-order valence-electron chi connectivity index (χ1n) is 9.27. The van der Waals surface area contributed by atoms with Crippen molar-refractivity contribution in [3.8, 4) is 0 Å². The number of likely N-dealkylation sites (N-methyl/N-ethyl adjacent to an activating group) is 2. The topological polar surface area (TPSA) is 15.7 Å². The number of rotatable bonds is 9. The van der Waals surface area contributed by atoms with Gasteiger partial charge in [-0.15, -0.1) is 0 Å². The largest absolute Gasteiger partial charge is 0.377 e. The van der Waals surface area contributed by atoms with Crippen LogP contribution in [0.5, 0.6) is 0 Å². The second kappa shape index (κ2) is 8.32. The smallest absolute Gasteiger partial charge is 0.0909 e. The van der Waals surface area contributed by atoms with Crippen LogP contribution in [-0.2, 0) is 11.2 Å². The number of quaternary nitrogens is 1. The van der Waals surface area contributed by atoms with Crippen LogP contribution in [0.3, 0.4) is 0 Å². The third kappa shape index (κ3) is 5.20. The highest BCUT2D eigenvalue weighted by Crippen LogP contribution is 2.31. The highest BCUT2D eigenvalue weighted by atomic mass is 16.5. The van der Waals surface area contributed by atoms with Crippen LogP contribution in [0, 0.1) is 0 Å². The minimum absolute atomic E-state index is 0.162. The van der Waals surface area contributed by atoms with Crippen molar-refractivity contribution in [2.45, 2.75) is 26.4 Å². The zero-order valence-corrected chi connectivity index (χ0v) is 16.5. The van der Waals surface area contributed by atoms with Crippen molar-refractivity contribution in [1.82, 2.24) is 4.90 Å². The minimum Gasteiger partial charge on any atom is -0.377 e. The first-order chi connectivity index (χ1) is 11.3. The Morgan fingerprint density at radius 1 is 1.25 bits per heavy atom. The highest BCUT2D eigenvalue weighted by Gasteiger charge is 2.21. The molecule has 0 N–H and O–H groups in total. The number of ether oxygens (including phenoxy) is 1. The van der Waals surface area contributed by atoms with Gasteiger partial charge in [0.15, 0.2) is 0 Å². The lowest BCUT2D eigenvalue weighted by atomic mass is 10.1. The molecule has 1 unspecified atom stereocenters. The fourth-order valence-electron chi connectivity index (χ4n) is 3.22. The Hall–Kier alpha value is -1.10. The summed E-state index contributed by atoms with van der Waals surface area (Å²) in [4.78, 5) is 5.12. The molecule has 0 saturated carbocycles. The van der Waals surface area contributed by atoms with Gasteiger partial charge in [0, 0.05) is 39.0 Å². The molecule has 2 rings (SSSR count). The predicted octanol–water partition coefficient (Wildman–Crippen LogP) is 2.78. The summed E-state index contributed by atoms with van der Waals surface area (Å²) in [5.41, 5.74) is 4.18. The van der Waals surface area contributed by atoms with E-state index in [-0.39, 0.29) is 6.10 Å². The van der Waals surface area contributed by atoms with Crippen molar-refractivity contribution in [3.63, 3.8) is 0 Å². The molecule has 1 atom stereocenters. The number of hydrogen-bond acceptors (Lipinski definition) is 3. The molecule has 24 heavy (non-hydrogen) atoms. The molecular formula is C20H36N3O+. The molecule has 0 radical (unpaired) electrons. The van der Waals surface area contributed by atoms with Crippen LogP contribution in [0.4, 0.5) is 5.69 Å². The van der Waals surface area contributed by atoms with Gasteiger partial charge in [0.2, 0.25) is 0 Å².